The molecule has 2 N–H and O–H groups in total. The highest BCUT2D eigenvalue weighted by molar-refractivity contribution is 5.98. The van der Waals surface area contributed by atoms with Crippen LogP contribution >= 0.6 is 0 Å². The Morgan fingerprint density at radius 1 is 0.967 bits per heavy atom. The van der Waals surface area contributed by atoms with E-state index in [0.29, 0.717) is 6.54 Å². The van der Waals surface area contributed by atoms with Gasteiger partial charge in [0.05, 0.1) is 12.6 Å². The molecule has 0 unspecified atom stereocenters. The average molecular weight is 409 g/mol. The number of rotatable bonds is 8. The van der Waals surface area contributed by atoms with E-state index in [-0.39, 0.29) is 17.9 Å². The highest BCUT2D eigenvalue weighted by Crippen LogP contribution is 2.27. The number of hydrogen-bond donors (Lipinski definition) is 2. The molecule has 1 atom stereocenters. The van der Waals surface area contributed by atoms with Crippen molar-refractivity contribution >= 4 is 17.5 Å². The lowest BCUT2D eigenvalue weighted by atomic mass is 10.0. The van der Waals surface area contributed by atoms with Crippen LogP contribution in [0.25, 0.3) is 11.1 Å². The normalized spacial score (nSPS) is 16.1. The molecule has 6 nitrogen and oxygen atoms in total. The van der Waals surface area contributed by atoms with Gasteiger partial charge in [-0.15, -0.1) is 0 Å². The van der Waals surface area contributed by atoms with Gasteiger partial charge in [0.15, 0.2) is 0 Å². The monoisotopic (exact) mass is 408 g/mol. The van der Waals surface area contributed by atoms with Gasteiger partial charge < -0.3 is 10.6 Å². The highest BCUT2D eigenvalue weighted by Gasteiger charge is 2.26. The summed E-state index contributed by atoms with van der Waals surface area (Å²) in [5, 5.41) is 6.03. The molecule has 0 radical (unpaired) electrons. The van der Waals surface area contributed by atoms with Crippen molar-refractivity contribution in [2.24, 2.45) is 0 Å². The summed E-state index contributed by atoms with van der Waals surface area (Å²) in [6.45, 7) is 8.27. The second-order valence-corrected chi connectivity index (χ2v) is 7.74. The first kappa shape index (κ1) is 22.0. The Kier molecular flexibility index (Phi) is 7.99. The van der Waals surface area contributed by atoms with Crippen molar-refractivity contribution in [1.29, 1.82) is 0 Å². The number of amides is 2. The van der Waals surface area contributed by atoms with Crippen LogP contribution in [0.4, 0.5) is 5.69 Å². The molecule has 3 rings (SSSR count). The van der Waals surface area contributed by atoms with Crippen LogP contribution in [0.3, 0.4) is 0 Å². The van der Waals surface area contributed by atoms with Gasteiger partial charge in [0.25, 0.3) is 0 Å². The van der Waals surface area contributed by atoms with E-state index in [4.69, 9.17) is 0 Å². The molecule has 1 saturated heterocycles. The molecule has 1 aliphatic heterocycles. The van der Waals surface area contributed by atoms with E-state index in [1.807, 2.05) is 68.4 Å². The third-order valence-corrected chi connectivity index (χ3v) is 5.54. The van der Waals surface area contributed by atoms with E-state index in [1.54, 1.807) is 0 Å². The Morgan fingerprint density at radius 2 is 1.63 bits per heavy atom. The summed E-state index contributed by atoms with van der Waals surface area (Å²) in [4.78, 5) is 29.2. The van der Waals surface area contributed by atoms with Gasteiger partial charge in [0.2, 0.25) is 11.8 Å². The maximum atomic E-state index is 12.9. The van der Waals surface area contributed by atoms with Crippen molar-refractivity contribution in [3.8, 4) is 11.1 Å². The van der Waals surface area contributed by atoms with E-state index in [1.165, 1.54) is 0 Å². The van der Waals surface area contributed by atoms with Crippen LogP contribution in [0.2, 0.25) is 0 Å². The minimum Gasteiger partial charge on any atom is -0.355 e. The Hall–Kier alpha value is -2.70. The van der Waals surface area contributed by atoms with Gasteiger partial charge in [-0.1, -0.05) is 55.5 Å². The first-order valence-corrected chi connectivity index (χ1v) is 10.8. The van der Waals surface area contributed by atoms with Crippen molar-refractivity contribution in [2.45, 2.75) is 26.3 Å². The molecule has 1 aliphatic rings. The minimum absolute atomic E-state index is 0.00693. The predicted octanol–water partition coefficient (Wildman–Crippen LogP) is 2.82. The molecule has 2 amide bonds. The van der Waals surface area contributed by atoms with E-state index < -0.39 is 0 Å². The maximum absolute atomic E-state index is 12.9. The van der Waals surface area contributed by atoms with Gasteiger partial charge in [0, 0.05) is 44.0 Å². The number of carbonyl (C=O) groups is 2. The van der Waals surface area contributed by atoms with Gasteiger partial charge in [-0.2, -0.15) is 0 Å². The Labute approximate surface area is 179 Å². The number of nitrogens with zero attached hydrogens (tertiary/aromatic N) is 2. The molecule has 0 aliphatic carbocycles. The molecule has 1 fully saturated rings. The topological polar surface area (TPSA) is 64.7 Å². The first-order valence-electron chi connectivity index (χ1n) is 10.8. The summed E-state index contributed by atoms with van der Waals surface area (Å²) in [6.07, 6.45) is 0.944. The van der Waals surface area contributed by atoms with E-state index in [2.05, 4.69) is 20.4 Å². The summed E-state index contributed by atoms with van der Waals surface area (Å²) >= 11 is 0. The molecule has 1 heterocycles. The van der Waals surface area contributed by atoms with Gasteiger partial charge >= 0.3 is 0 Å². The lowest BCUT2D eigenvalue weighted by Gasteiger charge is -2.37. The fourth-order valence-electron chi connectivity index (χ4n) is 3.70. The quantitative estimate of drug-likeness (QED) is 0.705. The summed E-state index contributed by atoms with van der Waals surface area (Å²) < 4.78 is 0. The number of para-hydroxylation sites is 1. The maximum Gasteiger partial charge on any atom is 0.241 e. The summed E-state index contributed by atoms with van der Waals surface area (Å²) in [6, 6.07) is 17.7. The Balaban J connectivity index is 1.55. The first-order chi connectivity index (χ1) is 14.6. The molecule has 0 spiro atoms. The van der Waals surface area contributed by atoms with Gasteiger partial charge in [0.1, 0.15) is 0 Å². The average Bonchev–Trinajstić information content (AvgIpc) is 2.78. The van der Waals surface area contributed by atoms with Gasteiger partial charge in [-0.25, -0.2) is 0 Å². The molecule has 2 aromatic rings. The van der Waals surface area contributed by atoms with Crippen LogP contribution in [0.15, 0.2) is 54.6 Å². The van der Waals surface area contributed by atoms with Gasteiger partial charge in [-0.3, -0.25) is 19.4 Å². The van der Waals surface area contributed by atoms with Crippen LogP contribution in [-0.2, 0) is 9.59 Å². The van der Waals surface area contributed by atoms with Crippen LogP contribution in [0.5, 0.6) is 0 Å². The third-order valence-electron chi connectivity index (χ3n) is 5.54. The summed E-state index contributed by atoms with van der Waals surface area (Å²) in [5.41, 5.74) is 2.92. The fraction of sp³-hybridized carbons (Fsp3) is 0.417. The highest BCUT2D eigenvalue weighted by atomic mass is 16.2. The zero-order valence-corrected chi connectivity index (χ0v) is 17.9. The molecule has 0 saturated carbocycles. The van der Waals surface area contributed by atoms with E-state index >= 15 is 0 Å². The van der Waals surface area contributed by atoms with Crippen molar-refractivity contribution in [3.05, 3.63) is 54.6 Å². The molecule has 160 valence electrons. The second kappa shape index (κ2) is 10.9. The number of carbonyl (C=O) groups excluding carboxylic acids is 2. The van der Waals surface area contributed by atoms with Crippen molar-refractivity contribution in [1.82, 2.24) is 15.1 Å². The van der Waals surface area contributed by atoms with Crippen molar-refractivity contribution < 1.29 is 9.59 Å². The molecule has 0 aromatic heterocycles. The fourth-order valence-corrected chi connectivity index (χ4v) is 3.70. The van der Waals surface area contributed by atoms with Crippen LogP contribution in [-0.4, -0.2) is 66.9 Å². The molecular formula is C24H32N4O2. The van der Waals surface area contributed by atoms with E-state index in [0.717, 1.165) is 56.0 Å². The third kappa shape index (κ3) is 5.90. The van der Waals surface area contributed by atoms with Crippen molar-refractivity contribution in [3.63, 3.8) is 0 Å². The molecule has 30 heavy (non-hydrogen) atoms. The zero-order chi connectivity index (χ0) is 21.3. The van der Waals surface area contributed by atoms with Crippen molar-refractivity contribution in [2.75, 3.05) is 44.6 Å². The molecule has 2 aromatic carbocycles. The number of nitrogens with one attached hydrogen (secondary N) is 2. The Bertz CT molecular complexity index is 832. The Morgan fingerprint density at radius 3 is 2.33 bits per heavy atom. The largest absolute Gasteiger partial charge is 0.355 e. The SMILES string of the molecule is CCCNC(=O)CN1CCN([C@H](C)C(=O)Nc2ccccc2-c2ccccc2)CC1. The zero-order valence-electron chi connectivity index (χ0n) is 17.9. The number of hydrogen-bond acceptors (Lipinski definition) is 4. The van der Waals surface area contributed by atoms with Gasteiger partial charge in [-0.05, 0) is 25.0 Å². The lowest BCUT2D eigenvalue weighted by Crippen LogP contribution is -2.54. The molecule has 6 heteroatoms. The predicted molar refractivity (Wildman–Crippen MR) is 121 cm³/mol. The van der Waals surface area contributed by atoms with Crippen LogP contribution in [0, 0.1) is 0 Å². The molecular weight excluding hydrogens is 376 g/mol. The molecule has 0 bridgehead atoms. The summed E-state index contributed by atoms with van der Waals surface area (Å²) in [5.74, 6) is 0.0705. The van der Waals surface area contributed by atoms with Crippen LogP contribution < -0.4 is 10.6 Å². The minimum atomic E-state index is -0.232. The van der Waals surface area contributed by atoms with Crippen LogP contribution in [0.1, 0.15) is 20.3 Å². The number of anilines is 1. The number of benzene rings is 2. The lowest BCUT2D eigenvalue weighted by molar-refractivity contribution is -0.124. The van der Waals surface area contributed by atoms with E-state index in [9.17, 15) is 9.59 Å². The second-order valence-electron chi connectivity index (χ2n) is 7.74. The smallest absolute Gasteiger partial charge is 0.241 e. The summed E-state index contributed by atoms with van der Waals surface area (Å²) in [7, 11) is 0. The standard InChI is InChI=1S/C24H32N4O2/c1-3-13-25-23(29)18-27-14-16-28(17-15-27)19(2)24(30)26-22-12-8-7-11-21(22)20-9-5-4-6-10-20/h4-12,19H,3,13-18H2,1-2H3,(H,25,29)(H,26,30)/t19-/m1/s1. The number of piperazine rings is 1.